The van der Waals surface area contributed by atoms with Crippen LogP contribution in [0.15, 0.2) is 91.0 Å². The average Bonchev–Trinajstić information content (AvgIpc) is 2.83. The van der Waals surface area contributed by atoms with Crippen molar-refractivity contribution in [3.05, 3.63) is 108 Å². The minimum atomic E-state index is 0. The molecule has 0 spiro atoms. The Bertz CT molecular complexity index is 624. The van der Waals surface area contributed by atoms with E-state index in [4.69, 9.17) is 15.3 Å². The quantitative estimate of drug-likeness (QED) is 0.400. The molecule has 0 aromatic heterocycles. The first kappa shape index (κ1) is 32.7. The predicted molar refractivity (Wildman–Crippen MR) is 126 cm³/mol. The van der Waals surface area contributed by atoms with Crippen molar-refractivity contribution in [2.24, 2.45) is 0 Å². The maximum Gasteiger partial charge on any atom is 0.0434 e. The summed E-state index contributed by atoms with van der Waals surface area (Å²) >= 11 is 0. The Kier molecular flexibility index (Phi) is 24.7. The van der Waals surface area contributed by atoms with E-state index in [1.807, 2.05) is 54.6 Å². The summed E-state index contributed by atoms with van der Waals surface area (Å²) in [6, 6.07) is 30.6. The van der Waals surface area contributed by atoms with Gasteiger partial charge in [0.1, 0.15) is 0 Å². The Morgan fingerprint density at radius 3 is 0.812 bits per heavy atom. The van der Waals surface area contributed by atoms with Gasteiger partial charge in [-0.25, -0.2) is 0 Å². The molecule has 0 bridgehead atoms. The van der Waals surface area contributed by atoms with Gasteiger partial charge in [-0.15, -0.1) is 0 Å². The zero-order valence-corrected chi connectivity index (χ0v) is 21.1. The first-order chi connectivity index (χ1) is 14.8. The van der Waals surface area contributed by atoms with Crippen molar-refractivity contribution in [3.8, 4) is 0 Å². The third kappa shape index (κ3) is 18.1. The summed E-state index contributed by atoms with van der Waals surface area (Å²) in [6.07, 6.45) is 5.55. The summed E-state index contributed by atoms with van der Waals surface area (Å²) in [5, 5.41) is 25.6. The molecular formula is C27H36ClO3Ti-. The zero-order chi connectivity index (χ0) is 21.7. The van der Waals surface area contributed by atoms with Gasteiger partial charge in [-0.2, -0.15) is 0 Å². The van der Waals surface area contributed by atoms with E-state index in [2.05, 4.69) is 36.4 Å². The van der Waals surface area contributed by atoms with Crippen molar-refractivity contribution in [3.63, 3.8) is 0 Å². The van der Waals surface area contributed by atoms with E-state index < -0.39 is 0 Å². The molecule has 3 aromatic carbocycles. The number of rotatable bonds is 9. The molecule has 0 atom stereocenters. The number of aliphatic hydroxyl groups is 3. The first-order valence-electron chi connectivity index (χ1n) is 10.7. The van der Waals surface area contributed by atoms with Crippen molar-refractivity contribution in [2.45, 2.75) is 38.5 Å². The number of hydrogen-bond donors (Lipinski definition) is 3. The van der Waals surface area contributed by atoms with Gasteiger partial charge in [0.15, 0.2) is 0 Å². The molecule has 0 unspecified atom stereocenters. The Hall–Kier alpha value is -1.46. The van der Waals surface area contributed by atoms with Gasteiger partial charge in [-0.1, -0.05) is 91.0 Å². The Morgan fingerprint density at radius 1 is 0.406 bits per heavy atom. The maximum absolute atomic E-state index is 8.53. The molecule has 0 heterocycles. The SMILES string of the molecule is OCCCc1ccccc1.OCCCc1ccccc1.OCCCc1ccccc1.[Cl-].[Ti]. The second kappa shape index (κ2) is 24.2. The van der Waals surface area contributed by atoms with Gasteiger partial charge in [-0.3, -0.25) is 0 Å². The molecule has 3 N–H and O–H groups in total. The summed E-state index contributed by atoms with van der Waals surface area (Å²) < 4.78 is 0. The first-order valence-corrected chi connectivity index (χ1v) is 10.7. The fourth-order valence-electron chi connectivity index (χ4n) is 2.78. The number of aryl methyl sites for hydroxylation is 3. The number of aliphatic hydroxyl groups excluding tert-OH is 3. The van der Waals surface area contributed by atoms with E-state index in [9.17, 15) is 0 Å². The molecule has 174 valence electrons. The molecule has 3 rings (SSSR count). The molecule has 3 aromatic rings. The van der Waals surface area contributed by atoms with Crippen LogP contribution in [0.2, 0.25) is 0 Å². The van der Waals surface area contributed by atoms with Crippen molar-refractivity contribution >= 4 is 0 Å². The van der Waals surface area contributed by atoms with E-state index in [0.29, 0.717) is 0 Å². The standard InChI is InChI=1S/3C9H12O.ClH.Ti/c3*10-8-4-7-9-5-2-1-3-6-9;;/h3*1-3,5-6,10H,4,7-8H2;1H;/p-1. The molecule has 0 amide bonds. The van der Waals surface area contributed by atoms with Crippen LogP contribution >= 0.6 is 0 Å². The normalized spacial score (nSPS) is 9.09. The van der Waals surface area contributed by atoms with Crippen LogP contribution < -0.4 is 12.4 Å². The minimum absolute atomic E-state index is 0. The Labute approximate surface area is 214 Å². The summed E-state index contributed by atoms with van der Waals surface area (Å²) in [7, 11) is 0. The fraction of sp³-hybridized carbons (Fsp3) is 0.333. The number of halogens is 1. The average molecular weight is 492 g/mol. The summed E-state index contributed by atoms with van der Waals surface area (Å²) in [6.45, 7) is 0.860. The van der Waals surface area contributed by atoms with Crippen LogP contribution in [-0.4, -0.2) is 35.1 Å². The smallest absolute Gasteiger partial charge is 0.0434 e. The molecule has 3 nitrogen and oxygen atoms in total. The van der Waals surface area contributed by atoms with Crippen molar-refractivity contribution in [1.29, 1.82) is 0 Å². The molecule has 0 aliphatic heterocycles. The Balaban J connectivity index is 0. The van der Waals surface area contributed by atoms with Crippen LogP contribution in [0.1, 0.15) is 36.0 Å². The number of benzene rings is 3. The van der Waals surface area contributed by atoms with Gasteiger partial charge in [0, 0.05) is 41.5 Å². The van der Waals surface area contributed by atoms with Crippen LogP contribution in [0.25, 0.3) is 0 Å². The largest absolute Gasteiger partial charge is 1.00 e. The van der Waals surface area contributed by atoms with Crippen molar-refractivity contribution in [2.75, 3.05) is 19.8 Å². The third-order valence-electron chi connectivity index (χ3n) is 4.40. The molecule has 0 radical (unpaired) electrons. The fourth-order valence-corrected chi connectivity index (χ4v) is 2.78. The summed E-state index contributed by atoms with van der Waals surface area (Å²) in [4.78, 5) is 0. The van der Waals surface area contributed by atoms with Gasteiger partial charge >= 0.3 is 0 Å². The topological polar surface area (TPSA) is 60.7 Å². The van der Waals surface area contributed by atoms with E-state index in [0.717, 1.165) is 38.5 Å². The van der Waals surface area contributed by atoms with Crippen LogP contribution in [0.4, 0.5) is 0 Å². The van der Waals surface area contributed by atoms with E-state index in [1.54, 1.807) is 0 Å². The van der Waals surface area contributed by atoms with E-state index >= 15 is 0 Å². The minimum Gasteiger partial charge on any atom is -1.00 e. The molecular weight excluding hydrogens is 456 g/mol. The monoisotopic (exact) mass is 491 g/mol. The van der Waals surface area contributed by atoms with Crippen LogP contribution in [0, 0.1) is 0 Å². The zero-order valence-electron chi connectivity index (χ0n) is 18.7. The summed E-state index contributed by atoms with van der Waals surface area (Å²) in [5.74, 6) is 0. The maximum atomic E-state index is 8.53. The van der Waals surface area contributed by atoms with Gasteiger partial charge < -0.3 is 27.7 Å². The second-order valence-electron chi connectivity index (χ2n) is 6.94. The number of hydrogen-bond acceptors (Lipinski definition) is 3. The molecule has 0 aliphatic carbocycles. The predicted octanol–water partition coefficient (Wildman–Crippen LogP) is 1.84. The van der Waals surface area contributed by atoms with Crippen LogP contribution in [0.3, 0.4) is 0 Å². The van der Waals surface area contributed by atoms with Gasteiger partial charge in [0.25, 0.3) is 0 Å². The van der Waals surface area contributed by atoms with Crippen molar-refractivity contribution < 1.29 is 49.4 Å². The van der Waals surface area contributed by atoms with Crippen LogP contribution in [0.5, 0.6) is 0 Å². The molecule has 0 saturated heterocycles. The molecule has 0 aliphatic rings. The van der Waals surface area contributed by atoms with Gasteiger partial charge in [-0.05, 0) is 55.2 Å². The molecule has 0 fully saturated rings. The second-order valence-corrected chi connectivity index (χ2v) is 6.94. The summed E-state index contributed by atoms with van der Waals surface area (Å²) in [5.41, 5.74) is 3.91. The van der Waals surface area contributed by atoms with Gasteiger partial charge in [0.05, 0.1) is 0 Å². The van der Waals surface area contributed by atoms with Crippen LogP contribution in [-0.2, 0) is 41.0 Å². The van der Waals surface area contributed by atoms with E-state index in [-0.39, 0.29) is 53.9 Å². The van der Waals surface area contributed by atoms with E-state index in [1.165, 1.54) is 16.7 Å². The molecule has 0 saturated carbocycles. The van der Waals surface area contributed by atoms with Crippen molar-refractivity contribution in [1.82, 2.24) is 0 Å². The third-order valence-corrected chi connectivity index (χ3v) is 4.40. The molecule has 32 heavy (non-hydrogen) atoms. The van der Waals surface area contributed by atoms with Gasteiger partial charge in [0.2, 0.25) is 0 Å². The Morgan fingerprint density at radius 2 is 0.625 bits per heavy atom. The molecule has 5 heteroatoms.